The molecule has 2 fully saturated rings. The van der Waals surface area contributed by atoms with E-state index >= 15 is 0 Å². The molecule has 0 saturated carbocycles. The fourth-order valence-corrected chi connectivity index (χ4v) is 5.82. The van der Waals surface area contributed by atoms with Crippen LogP contribution in [-0.2, 0) is 26.3 Å². The van der Waals surface area contributed by atoms with Crippen molar-refractivity contribution in [3.05, 3.63) is 46.0 Å². The summed E-state index contributed by atoms with van der Waals surface area (Å²) in [5, 5.41) is 3.53. The van der Waals surface area contributed by atoms with Gasteiger partial charge in [-0.2, -0.15) is 0 Å². The SMILES string of the molecule is Cc1nc(N2CCOCC2)sc1C(=O)NNC(=O)CN1C(=O)NC2(CCCc3ccccc32)C1=O. The summed E-state index contributed by atoms with van der Waals surface area (Å²) in [5.41, 5.74) is 5.87. The standard InChI is InChI=1S/C23H26N6O5S/c1-14-18(35-22(24-14)28-9-11-34-12-10-28)19(31)27-26-17(30)13-29-20(32)23(25-21(29)33)8-4-6-15-5-2-3-7-16(15)23/h2-3,5,7H,4,6,8-13H2,1H3,(H,25,33)(H,26,30)(H,27,31). The number of hydrogen-bond acceptors (Lipinski definition) is 8. The number of aromatic nitrogens is 1. The second-order valence-corrected chi connectivity index (χ2v) is 9.73. The van der Waals surface area contributed by atoms with Crippen molar-refractivity contribution >= 4 is 40.2 Å². The lowest BCUT2D eigenvalue weighted by atomic mass is 9.76. The van der Waals surface area contributed by atoms with E-state index in [0.717, 1.165) is 34.0 Å². The number of hydrogen-bond donors (Lipinski definition) is 3. The molecular weight excluding hydrogens is 472 g/mol. The van der Waals surface area contributed by atoms with Gasteiger partial charge in [0.05, 0.1) is 18.9 Å². The second kappa shape index (κ2) is 9.27. The van der Waals surface area contributed by atoms with Gasteiger partial charge < -0.3 is 15.0 Å². The van der Waals surface area contributed by atoms with Gasteiger partial charge in [-0.25, -0.2) is 9.78 Å². The number of hydrazine groups is 1. The quantitative estimate of drug-likeness (QED) is 0.420. The molecule has 184 valence electrons. The van der Waals surface area contributed by atoms with Crippen LogP contribution in [0.3, 0.4) is 0 Å². The third-order valence-corrected chi connectivity index (χ3v) is 7.76. The third-order valence-electron chi connectivity index (χ3n) is 6.54. The Morgan fingerprint density at radius 3 is 2.77 bits per heavy atom. The van der Waals surface area contributed by atoms with Crippen molar-refractivity contribution < 1.29 is 23.9 Å². The molecule has 11 nitrogen and oxygen atoms in total. The minimum Gasteiger partial charge on any atom is -0.378 e. The number of ether oxygens (including phenoxy) is 1. The third kappa shape index (κ3) is 4.23. The number of rotatable bonds is 4. The molecule has 1 aromatic carbocycles. The molecule has 1 atom stereocenters. The van der Waals surface area contributed by atoms with Crippen molar-refractivity contribution in [3.8, 4) is 0 Å². The normalized spacial score (nSPS) is 21.6. The van der Waals surface area contributed by atoms with E-state index < -0.39 is 35.8 Å². The smallest absolute Gasteiger partial charge is 0.325 e. The summed E-state index contributed by atoms with van der Waals surface area (Å²) < 4.78 is 5.35. The maximum Gasteiger partial charge on any atom is 0.325 e. The predicted molar refractivity (Wildman–Crippen MR) is 127 cm³/mol. The van der Waals surface area contributed by atoms with Crippen LogP contribution in [0.4, 0.5) is 9.93 Å². The molecule has 2 saturated heterocycles. The predicted octanol–water partition coefficient (Wildman–Crippen LogP) is 0.833. The van der Waals surface area contributed by atoms with Crippen LogP contribution >= 0.6 is 11.3 Å². The molecule has 1 unspecified atom stereocenters. The fraction of sp³-hybridized carbons (Fsp3) is 0.435. The van der Waals surface area contributed by atoms with Gasteiger partial charge in [-0.05, 0) is 37.3 Å². The zero-order valence-electron chi connectivity index (χ0n) is 19.3. The molecule has 3 N–H and O–H groups in total. The Bertz CT molecular complexity index is 1190. The van der Waals surface area contributed by atoms with Crippen LogP contribution < -0.4 is 21.1 Å². The number of thiazole rings is 1. The number of anilines is 1. The van der Waals surface area contributed by atoms with Gasteiger partial charge in [-0.1, -0.05) is 35.6 Å². The van der Waals surface area contributed by atoms with Crippen molar-refractivity contribution in [2.75, 3.05) is 37.7 Å². The fourth-order valence-electron chi connectivity index (χ4n) is 4.80. The van der Waals surface area contributed by atoms with Crippen LogP contribution in [0.5, 0.6) is 0 Å². The van der Waals surface area contributed by atoms with Gasteiger partial charge in [0.15, 0.2) is 5.13 Å². The van der Waals surface area contributed by atoms with Crippen LogP contribution in [0, 0.1) is 6.92 Å². The molecule has 1 aromatic heterocycles. The number of imide groups is 1. The molecule has 35 heavy (non-hydrogen) atoms. The van der Waals surface area contributed by atoms with Crippen molar-refractivity contribution in [2.45, 2.75) is 31.7 Å². The zero-order valence-corrected chi connectivity index (χ0v) is 20.1. The maximum absolute atomic E-state index is 13.3. The molecule has 3 heterocycles. The molecule has 0 radical (unpaired) electrons. The summed E-state index contributed by atoms with van der Waals surface area (Å²) >= 11 is 1.23. The van der Waals surface area contributed by atoms with Gasteiger partial charge >= 0.3 is 6.03 Å². The summed E-state index contributed by atoms with van der Waals surface area (Å²) in [6.07, 6.45) is 2.05. The Morgan fingerprint density at radius 2 is 1.97 bits per heavy atom. The largest absolute Gasteiger partial charge is 0.378 e. The molecule has 1 spiro atoms. The first kappa shape index (κ1) is 23.2. The Kier molecular flexibility index (Phi) is 6.15. The summed E-state index contributed by atoms with van der Waals surface area (Å²) in [6, 6.07) is 6.91. The molecule has 1 aliphatic carbocycles. The average molecular weight is 499 g/mol. The van der Waals surface area contributed by atoms with Crippen LogP contribution in [0.2, 0.25) is 0 Å². The van der Waals surface area contributed by atoms with E-state index in [1.54, 1.807) is 6.92 Å². The number of urea groups is 1. The number of morpholine rings is 1. The Morgan fingerprint density at radius 1 is 1.20 bits per heavy atom. The molecular formula is C23H26N6O5S. The number of aryl methyl sites for hydroxylation is 2. The van der Waals surface area contributed by atoms with Gasteiger partial charge in [0.1, 0.15) is 17.0 Å². The molecule has 2 aliphatic heterocycles. The van der Waals surface area contributed by atoms with E-state index in [9.17, 15) is 19.2 Å². The number of nitrogens with zero attached hydrogens (tertiary/aromatic N) is 3. The number of benzene rings is 1. The molecule has 12 heteroatoms. The first-order valence-electron chi connectivity index (χ1n) is 11.5. The molecule has 2 aromatic rings. The lowest BCUT2D eigenvalue weighted by molar-refractivity contribution is -0.135. The van der Waals surface area contributed by atoms with Crippen LogP contribution in [0.1, 0.15) is 39.3 Å². The van der Waals surface area contributed by atoms with Crippen LogP contribution in [0.15, 0.2) is 24.3 Å². The summed E-state index contributed by atoms with van der Waals surface area (Å²) in [6.45, 7) is 3.82. The average Bonchev–Trinajstić information content (AvgIpc) is 3.37. The first-order chi connectivity index (χ1) is 16.9. The van der Waals surface area contributed by atoms with Crippen LogP contribution in [-0.4, -0.2) is 66.5 Å². The van der Waals surface area contributed by atoms with Gasteiger partial charge in [-0.15, -0.1) is 0 Å². The molecule has 5 rings (SSSR count). The van der Waals surface area contributed by atoms with Gasteiger partial charge in [0.25, 0.3) is 17.7 Å². The summed E-state index contributed by atoms with van der Waals surface area (Å²) in [4.78, 5) is 59.0. The van der Waals surface area contributed by atoms with E-state index in [0.29, 0.717) is 43.3 Å². The van der Waals surface area contributed by atoms with E-state index in [1.807, 2.05) is 29.2 Å². The van der Waals surface area contributed by atoms with Gasteiger partial charge in [-0.3, -0.25) is 30.1 Å². The van der Waals surface area contributed by atoms with Crippen molar-refractivity contribution in [2.24, 2.45) is 0 Å². The van der Waals surface area contributed by atoms with E-state index in [1.165, 1.54) is 11.3 Å². The number of nitrogens with one attached hydrogen (secondary N) is 3. The van der Waals surface area contributed by atoms with E-state index in [-0.39, 0.29) is 0 Å². The summed E-state index contributed by atoms with van der Waals surface area (Å²) in [7, 11) is 0. The number of fused-ring (bicyclic) bond motifs is 2. The highest BCUT2D eigenvalue weighted by atomic mass is 32.1. The van der Waals surface area contributed by atoms with Crippen molar-refractivity contribution in [1.29, 1.82) is 0 Å². The number of carbonyl (C=O) groups excluding carboxylic acids is 4. The highest BCUT2D eigenvalue weighted by Crippen LogP contribution is 2.39. The Labute approximate surface area is 205 Å². The summed E-state index contributed by atoms with van der Waals surface area (Å²) in [5.74, 6) is -1.65. The van der Waals surface area contributed by atoms with Gasteiger partial charge in [0, 0.05) is 13.1 Å². The van der Waals surface area contributed by atoms with Crippen molar-refractivity contribution in [1.82, 2.24) is 26.1 Å². The van der Waals surface area contributed by atoms with E-state index in [2.05, 4.69) is 21.2 Å². The molecule has 5 amide bonds. The van der Waals surface area contributed by atoms with Gasteiger partial charge in [0.2, 0.25) is 0 Å². The lowest BCUT2D eigenvalue weighted by Gasteiger charge is -2.33. The Hall–Kier alpha value is -3.51. The minimum absolute atomic E-state index is 0.375. The van der Waals surface area contributed by atoms with Crippen molar-refractivity contribution in [3.63, 3.8) is 0 Å². The topological polar surface area (TPSA) is 133 Å². The number of carbonyl (C=O) groups is 4. The number of amides is 5. The molecule has 3 aliphatic rings. The first-order valence-corrected chi connectivity index (χ1v) is 12.3. The second-order valence-electron chi connectivity index (χ2n) is 8.75. The monoisotopic (exact) mass is 498 g/mol. The van der Waals surface area contributed by atoms with Crippen LogP contribution in [0.25, 0.3) is 0 Å². The molecule has 0 bridgehead atoms. The zero-order chi connectivity index (χ0) is 24.6. The highest BCUT2D eigenvalue weighted by Gasteiger charge is 2.54. The highest BCUT2D eigenvalue weighted by molar-refractivity contribution is 7.17. The van der Waals surface area contributed by atoms with E-state index in [4.69, 9.17) is 4.74 Å². The minimum atomic E-state index is -1.15. The Balaban J connectivity index is 1.21. The maximum atomic E-state index is 13.3. The lowest BCUT2D eigenvalue weighted by Crippen LogP contribution is -2.49.